The second kappa shape index (κ2) is 7.76. The summed E-state index contributed by atoms with van der Waals surface area (Å²) in [6.07, 6.45) is 0.367. The third-order valence-corrected chi connectivity index (χ3v) is 4.81. The van der Waals surface area contributed by atoms with Crippen LogP contribution in [0.3, 0.4) is 0 Å². The molecule has 0 atom stereocenters. The van der Waals surface area contributed by atoms with Crippen molar-refractivity contribution in [1.82, 2.24) is 15.5 Å². The highest BCUT2D eigenvalue weighted by atomic mass is 35.5. The van der Waals surface area contributed by atoms with Crippen LogP contribution in [0.25, 0.3) is 0 Å². The maximum Gasteiger partial charge on any atom is 0.335 e. The molecule has 0 spiro atoms. The van der Waals surface area contributed by atoms with Gasteiger partial charge in [0.25, 0.3) is 0 Å². The van der Waals surface area contributed by atoms with Gasteiger partial charge in [0.05, 0.1) is 12.3 Å². The van der Waals surface area contributed by atoms with E-state index in [0.717, 1.165) is 0 Å². The molecule has 130 valence electrons. The summed E-state index contributed by atoms with van der Waals surface area (Å²) in [5.41, 5.74) is 0.448. The van der Waals surface area contributed by atoms with Gasteiger partial charge in [-0.3, -0.25) is 4.79 Å². The molecule has 0 aliphatic carbocycles. The van der Waals surface area contributed by atoms with E-state index in [-0.39, 0.29) is 30.0 Å². The van der Waals surface area contributed by atoms with Gasteiger partial charge in [-0.2, -0.15) is 0 Å². The lowest BCUT2D eigenvalue weighted by Gasteiger charge is -2.04. The molecule has 2 rings (SSSR count). The number of sulfone groups is 1. The minimum Gasteiger partial charge on any atom is -0.411 e. The minimum absolute atomic E-state index is 0.0137. The molecule has 1 heterocycles. The SMILES string of the molecule is CC(C)CC(=O)NCc1nnc(S(=O)(=O)Cc2ccccc2Cl)o1. The Hall–Kier alpha value is -1.93. The molecule has 0 aliphatic rings. The van der Waals surface area contributed by atoms with Crippen LogP contribution in [0.1, 0.15) is 31.7 Å². The van der Waals surface area contributed by atoms with Crippen LogP contribution in [-0.4, -0.2) is 24.5 Å². The van der Waals surface area contributed by atoms with Gasteiger partial charge in [0.2, 0.25) is 21.6 Å². The Morgan fingerprint density at radius 3 is 2.67 bits per heavy atom. The Labute approximate surface area is 145 Å². The highest BCUT2D eigenvalue weighted by Crippen LogP contribution is 2.21. The van der Waals surface area contributed by atoms with Crippen molar-refractivity contribution < 1.29 is 17.6 Å². The molecule has 2 aromatic rings. The lowest BCUT2D eigenvalue weighted by atomic mass is 10.1. The number of nitrogens with zero attached hydrogens (tertiary/aromatic N) is 2. The van der Waals surface area contributed by atoms with Crippen LogP contribution in [0.4, 0.5) is 0 Å². The van der Waals surface area contributed by atoms with Crippen molar-refractivity contribution in [2.75, 3.05) is 0 Å². The minimum atomic E-state index is -3.81. The van der Waals surface area contributed by atoms with E-state index < -0.39 is 15.1 Å². The Balaban J connectivity index is 2.04. The van der Waals surface area contributed by atoms with Gasteiger partial charge < -0.3 is 9.73 Å². The number of aromatic nitrogens is 2. The molecule has 1 aromatic carbocycles. The first-order valence-electron chi connectivity index (χ1n) is 7.33. The molecule has 0 saturated heterocycles. The molecule has 0 aliphatic heterocycles. The summed E-state index contributed by atoms with van der Waals surface area (Å²) in [5.74, 6) is -0.249. The predicted molar refractivity (Wildman–Crippen MR) is 87.9 cm³/mol. The second-order valence-electron chi connectivity index (χ2n) is 5.69. The maximum absolute atomic E-state index is 12.3. The number of hydrogen-bond acceptors (Lipinski definition) is 6. The van der Waals surface area contributed by atoms with Crippen LogP contribution in [0.15, 0.2) is 33.9 Å². The average molecular weight is 372 g/mol. The first kappa shape index (κ1) is 18.4. The summed E-state index contributed by atoms with van der Waals surface area (Å²) < 4.78 is 29.8. The van der Waals surface area contributed by atoms with Gasteiger partial charge in [-0.1, -0.05) is 48.7 Å². The third kappa shape index (κ3) is 5.04. The number of carbonyl (C=O) groups excluding carboxylic acids is 1. The highest BCUT2D eigenvalue weighted by Gasteiger charge is 2.24. The smallest absolute Gasteiger partial charge is 0.335 e. The van der Waals surface area contributed by atoms with Crippen molar-refractivity contribution in [2.24, 2.45) is 5.92 Å². The average Bonchev–Trinajstić information content (AvgIpc) is 2.96. The van der Waals surface area contributed by atoms with Crippen molar-refractivity contribution >= 4 is 27.3 Å². The first-order chi connectivity index (χ1) is 11.3. The van der Waals surface area contributed by atoms with Crippen molar-refractivity contribution in [2.45, 2.75) is 37.8 Å². The number of halogens is 1. The van der Waals surface area contributed by atoms with Gasteiger partial charge in [-0.25, -0.2) is 8.42 Å². The number of benzene rings is 1. The molecule has 0 radical (unpaired) electrons. The van der Waals surface area contributed by atoms with Crippen molar-refractivity contribution in [3.8, 4) is 0 Å². The number of amides is 1. The maximum atomic E-state index is 12.3. The molecule has 0 unspecified atom stereocenters. The van der Waals surface area contributed by atoms with Gasteiger partial charge in [0.15, 0.2) is 0 Å². The van der Waals surface area contributed by atoms with Gasteiger partial charge in [0.1, 0.15) is 0 Å². The Bertz CT molecular complexity index is 818. The zero-order chi connectivity index (χ0) is 17.7. The molecule has 0 bridgehead atoms. The molecule has 24 heavy (non-hydrogen) atoms. The van der Waals surface area contributed by atoms with E-state index in [1.807, 2.05) is 13.8 Å². The summed E-state index contributed by atoms with van der Waals surface area (Å²) in [6, 6.07) is 6.63. The predicted octanol–water partition coefficient (Wildman–Crippen LogP) is 2.36. The largest absolute Gasteiger partial charge is 0.411 e. The zero-order valence-electron chi connectivity index (χ0n) is 13.3. The van der Waals surface area contributed by atoms with E-state index in [1.54, 1.807) is 24.3 Å². The number of carbonyl (C=O) groups is 1. The van der Waals surface area contributed by atoms with Gasteiger partial charge in [-0.15, -0.1) is 5.10 Å². The Morgan fingerprint density at radius 1 is 1.29 bits per heavy atom. The lowest BCUT2D eigenvalue weighted by molar-refractivity contribution is -0.122. The number of nitrogens with one attached hydrogen (secondary N) is 1. The fraction of sp³-hybridized carbons (Fsp3) is 0.400. The van der Waals surface area contributed by atoms with E-state index >= 15 is 0 Å². The van der Waals surface area contributed by atoms with E-state index in [4.69, 9.17) is 16.0 Å². The molecular formula is C15H18ClN3O4S. The molecule has 1 aromatic heterocycles. The van der Waals surface area contributed by atoms with E-state index in [9.17, 15) is 13.2 Å². The lowest BCUT2D eigenvalue weighted by Crippen LogP contribution is -2.24. The second-order valence-corrected chi connectivity index (χ2v) is 7.96. The third-order valence-electron chi connectivity index (χ3n) is 3.05. The quantitative estimate of drug-likeness (QED) is 0.801. The summed E-state index contributed by atoms with van der Waals surface area (Å²) in [4.78, 5) is 11.6. The summed E-state index contributed by atoms with van der Waals surface area (Å²) >= 11 is 5.97. The van der Waals surface area contributed by atoms with Crippen molar-refractivity contribution in [3.05, 3.63) is 40.7 Å². The van der Waals surface area contributed by atoms with E-state index in [2.05, 4.69) is 15.5 Å². The first-order valence-corrected chi connectivity index (χ1v) is 9.36. The Morgan fingerprint density at radius 2 is 2.00 bits per heavy atom. The summed E-state index contributed by atoms with van der Waals surface area (Å²) in [6.45, 7) is 3.83. The fourth-order valence-electron chi connectivity index (χ4n) is 1.93. The molecule has 1 amide bonds. The van der Waals surface area contributed by atoms with Crippen LogP contribution < -0.4 is 5.32 Å². The topological polar surface area (TPSA) is 102 Å². The van der Waals surface area contributed by atoms with Crippen LogP contribution in [0.5, 0.6) is 0 Å². The molecule has 1 N–H and O–H groups in total. The van der Waals surface area contributed by atoms with Crippen molar-refractivity contribution in [1.29, 1.82) is 0 Å². The van der Waals surface area contributed by atoms with Crippen LogP contribution in [0.2, 0.25) is 5.02 Å². The van der Waals surface area contributed by atoms with E-state index in [0.29, 0.717) is 17.0 Å². The van der Waals surface area contributed by atoms with Gasteiger partial charge in [-0.05, 0) is 17.5 Å². The summed E-state index contributed by atoms with van der Waals surface area (Å²) in [7, 11) is -3.81. The normalized spacial score (nSPS) is 11.7. The standard InChI is InChI=1S/C15H18ClN3O4S/c1-10(2)7-13(20)17-8-14-18-19-15(23-14)24(21,22)9-11-5-3-4-6-12(11)16/h3-6,10H,7-9H2,1-2H3,(H,17,20). The van der Waals surface area contributed by atoms with Crippen molar-refractivity contribution in [3.63, 3.8) is 0 Å². The highest BCUT2D eigenvalue weighted by molar-refractivity contribution is 7.90. The number of hydrogen-bond donors (Lipinski definition) is 1. The van der Waals surface area contributed by atoms with Crippen LogP contribution in [0, 0.1) is 5.92 Å². The molecule has 7 nitrogen and oxygen atoms in total. The van der Waals surface area contributed by atoms with Crippen LogP contribution >= 0.6 is 11.6 Å². The number of rotatable bonds is 7. The van der Waals surface area contributed by atoms with E-state index in [1.165, 1.54) is 0 Å². The zero-order valence-corrected chi connectivity index (χ0v) is 14.9. The van der Waals surface area contributed by atoms with Gasteiger partial charge in [0, 0.05) is 11.4 Å². The molecule has 9 heteroatoms. The molecular weight excluding hydrogens is 354 g/mol. The molecule has 0 saturated carbocycles. The fourth-order valence-corrected chi connectivity index (χ4v) is 3.39. The Kier molecular flexibility index (Phi) is 5.95. The monoisotopic (exact) mass is 371 g/mol. The van der Waals surface area contributed by atoms with Gasteiger partial charge >= 0.3 is 5.22 Å². The molecule has 0 fully saturated rings. The summed E-state index contributed by atoms with van der Waals surface area (Å²) in [5, 5.41) is 9.67. The van der Waals surface area contributed by atoms with Crippen LogP contribution in [-0.2, 0) is 26.9 Å².